The first-order valence-electron chi connectivity index (χ1n) is 6.52. The molecule has 2 aliphatic rings. The van der Waals surface area contributed by atoms with Crippen LogP contribution in [0.3, 0.4) is 0 Å². The van der Waals surface area contributed by atoms with E-state index >= 15 is 0 Å². The van der Waals surface area contributed by atoms with Crippen LogP contribution in [0.2, 0.25) is 0 Å². The van der Waals surface area contributed by atoms with E-state index in [1.807, 2.05) is 0 Å². The molecule has 3 heterocycles. The first kappa shape index (κ1) is 14.9. The van der Waals surface area contributed by atoms with Crippen LogP contribution in [0.1, 0.15) is 17.2 Å². The average Bonchev–Trinajstić information content (AvgIpc) is 2.22. The minimum atomic E-state index is -4.59. The molecule has 9 heteroatoms. The molecular weight excluding hydrogens is 305 g/mol. The van der Waals surface area contributed by atoms with Gasteiger partial charge in [0, 0.05) is 31.6 Å². The van der Waals surface area contributed by atoms with E-state index in [1.54, 1.807) is 4.31 Å². The third-order valence-corrected chi connectivity index (χ3v) is 5.56. The summed E-state index contributed by atoms with van der Waals surface area (Å²) in [6.45, 7) is 6.07. The molecule has 0 bridgehead atoms. The molecule has 0 saturated carbocycles. The van der Waals surface area contributed by atoms with Crippen molar-refractivity contribution in [3.05, 3.63) is 17.2 Å². The van der Waals surface area contributed by atoms with E-state index in [0.717, 1.165) is 13.1 Å². The van der Waals surface area contributed by atoms with Crippen molar-refractivity contribution in [3.63, 3.8) is 0 Å². The van der Waals surface area contributed by atoms with Crippen LogP contribution in [0.15, 0.2) is 4.90 Å². The van der Waals surface area contributed by atoms with Gasteiger partial charge in [-0.3, -0.25) is 0 Å². The van der Waals surface area contributed by atoms with E-state index in [9.17, 15) is 17.4 Å². The Morgan fingerprint density at radius 1 is 1.19 bits per heavy atom. The highest BCUT2D eigenvalue weighted by Gasteiger charge is 2.50. The fourth-order valence-corrected chi connectivity index (χ4v) is 4.37. The van der Waals surface area contributed by atoms with E-state index in [4.69, 9.17) is 0 Å². The van der Waals surface area contributed by atoms with Gasteiger partial charge in [-0.25, -0.2) is 18.5 Å². The Labute approximate surface area is 122 Å². The molecule has 1 N–H and O–H groups in total. The van der Waals surface area contributed by atoms with E-state index in [2.05, 4.69) is 15.3 Å². The van der Waals surface area contributed by atoms with Crippen molar-refractivity contribution < 1.29 is 17.4 Å². The van der Waals surface area contributed by atoms with Crippen LogP contribution in [-0.2, 0) is 17.2 Å². The summed E-state index contributed by atoms with van der Waals surface area (Å²) in [5, 5.41) is 3.17. The molecule has 21 heavy (non-hydrogen) atoms. The first-order valence-corrected chi connectivity index (χ1v) is 7.63. The molecule has 3 rings (SSSR count). The highest BCUT2D eigenvalue weighted by atomic mass is 32.2. The maximum Gasteiger partial charge on any atom is 0.451 e. The molecular formula is C12H15F3N4OS. The second-order valence-corrected chi connectivity index (χ2v) is 7.12. The van der Waals surface area contributed by atoms with Gasteiger partial charge in [0.25, 0.3) is 0 Å². The predicted octanol–water partition coefficient (Wildman–Crippen LogP) is 1.04. The summed E-state index contributed by atoms with van der Waals surface area (Å²) in [7, 11) is -1.50. The van der Waals surface area contributed by atoms with E-state index in [1.165, 1.54) is 13.8 Å². The summed E-state index contributed by atoms with van der Waals surface area (Å²) in [6, 6.07) is 0. The Balaban J connectivity index is 1.84. The fraction of sp³-hybridized carbons (Fsp3) is 0.667. The van der Waals surface area contributed by atoms with Gasteiger partial charge >= 0.3 is 6.18 Å². The van der Waals surface area contributed by atoms with Crippen LogP contribution in [0.25, 0.3) is 0 Å². The topological polar surface area (TPSA) is 58.1 Å². The lowest BCUT2D eigenvalue weighted by molar-refractivity contribution is -0.145. The Morgan fingerprint density at radius 2 is 1.71 bits per heavy atom. The van der Waals surface area contributed by atoms with Crippen LogP contribution in [-0.4, -0.2) is 44.7 Å². The summed E-state index contributed by atoms with van der Waals surface area (Å²) in [5.74, 6) is -1.18. The monoisotopic (exact) mass is 320 g/mol. The molecule has 2 aliphatic heterocycles. The second-order valence-electron chi connectivity index (χ2n) is 5.70. The van der Waals surface area contributed by atoms with E-state index < -0.39 is 23.0 Å². The normalized spacial score (nSPS) is 22.7. The van der Waals surface area contributed by atoms with Crippen LogP contribution in [0.4, 0.5) is 13.2 Å². The van der Waals surface area contributed by atoms with Gasteiger partial charge in [-0.1, -0.05) is 0 Å². The molecule has 0 aromatic carbocycles. The lowest BCUT2D eigenvalue weighted by atomic mass is 9.76. The number of hydrogen-bond acceptors (Lipinski definition) is 4. The highest BCUT2D eigenvalue weighted by molar-refractivity contribution is 7.82. The van der Waals surface area contributed by atoms with Crippen molar-refractivity contribution in [2.45, 2.75) is 24.9 Å². The van der Waals surface area contributed by atoms with Crippen LogP contribution >= 0.6 is 0 Å². The predicted molar refractivity (Wildman–Crippen MR) is 69.8 cm³/mol. The van der Waals surface area contributed by atoms with Gasteiger partial charge in [0.2, 0.25) is 5.82 Å². The van der Waals surface area contributed by atoms with Gasteiger partial charge < -0.3 is 5.32 Å². The molecule has 1 spiro atoms. The van der Waals surface area contributed by atoms with Crippen LogP contribution < -0.4 is 5.32 Å². The number of rotatable bonds is 2. The summed E-state index contributed by atoms with van der Waals surface area (Å²) in [4.78, 5) is 7.24. The molecule has 1 unspecified atom stereocenters. The standard InChI is InChI=1S/C12H15F3N4OS/c1-7-9(8(2)18-10(17-7)12(13,14)15)21(20)19-5-11(6-19)3-16-4-11/h16H,3-6H2,1-2H3. The molecule has 0 aliphatic carbocycles. The number of hydrogen-bond donors (Lipinski definition) is 1. The Kier molecular flexibility index (Phi) is 3.34. The van der Waals surface area contributed by atoms with Crippen molar-refractivity contribution in [1.29, 1.82) is 0 Å². The smallest absolute Gasteiger partial charge is 0.315 e. The Morgan fingerprint density at radius 3 is 2.10 bits per heavy atom. The minimum absolute atomic E-state index is 0.126. The summed E-state index contributed by atoms with van der Waals surface area (Å²) in [6.07, 6.45) is -4.59. The van der Waals surface area contributed by atoms with Gasteiger partial charge in [-0.05, 0) is 13.8 Å². The zero-order valence-corrected chi connectivity index (χ0v) is 12.4. The number of alkyl halides is 3. The highest BCUT2D eigenvalue weighted by Crippen LogP contribution is 2.37. The van der Waals surface area contributed by atoms with Crippen molar-refractivity contribution in [2.75, 3.05) is 26.2 Å². The number of nitrogens with one attached hydrogen (secondary N) is 1. The average molecular weight is 320 g/mol. The fourth-order valence-electron chi connectivity index (χ4n) is 2.74. The quantitative estimate of drug-likeness (QED) is 0.885. The first-order chi connectivity index (χ1) is 9.72. The van der Waals surface area contributed by atoms with Gasteiger partial charge in [-0.2, -0.15) is 13.2 Å². The maximum atomic E-state index is 12.7. The lowest BCUT2D eigenvalue weighted by Gasteiger charge is -2.55. The van der Waals surface area contributed by atoms with Crippen molar-refractivity contribution in [3.8, 4) is 0 Å². The van der Waals surface area contributed by atoms with Crippen molar-refractivity contribution in [1.82, 2.24) is 19.6 Å². The van der Waals surface area contributed by atoms with Gasteiger partial charge in [0.1, 0.15) is 11.0 Å². The van der Waals surface area contributed by atoms with Crippen LogP contribution in [0, 0.1) is 19.3 Å². The molecule has 0 amide bonds. The third kappa shape index (κ3) is 2.47. The van der Waals surface area contributed by atoms with Gasteiger partial charge in [0.05, 0.1) is 16.3 Å². The Hall–Kier alpha value is -1.06. The SMILES string of the molecule is Cc1nc(C(F)(F)F)nc(C)c1S(=O)N1CC2(CNC2)C1. The minimum Gasteiger partial charge on any atom is -0.315 e. The zero-order valence-electron chi connectivity index (χ0n) is 11.6. The van der Waals surface area contributed by atoms with Crippen LogP contribution in [0.5, 0.6) is 0 Å². The van der Waals surface area contributed by atoms with Gasteiger partial charge in [0.15, 0.2) is 0 Å². The Bertz CT molecular complexity index is 584. The third-order valence-electron chi connectivity index (χ3n) is 3.89. The lowest BCUT2D eigenvalue weighted by Crippen LogP contribution is -2.71. The summed E-state index contributed by atoms with van der Waals surface area (Å²) in [5.41, 5.74) is 0.450. The van der Waals surface area contributed by atoms with Crippen molar-refractivity contribution >= 4 is 11.0 Å². The number of aromatic nitrogens is 2. The maximum absolute atomic E-state index is 12.7. The number of aryl methyl sites for hydroxylation is 2. The molecule has 5 nitrogen and oxygen atoms in total. The molecule has 116 valence electrons. The molecule has 1 aromatic rings. The number of nitrogens with zero attached hydrogens (tertiary/aromatic N) is 3. The largest absolute Gasteiger partial charge is 0.451 e. The van der Waals surface area contributed by atoms with E-state index in [-0.39, 0.29) is 16.8 Å². The molecule has 2 saturated heterocycles. The molecule has 2 fully saturated rings. The summed E-state index contributed by atoms with van der Waals surface area (Å²) >= 11 is 0. The zero-order chi connectivity index (χ0) is 15.4. The summed E-state index contributed by atoms with van der Waals surface area (Å²) < 4.78 is 52.2. The number of halogens is 3. The van der Waals surface area contributed by atoms with Gasteiger partial charge in [-0.15, -0.1) is 0 Å². The van der Waals surface area contributed by atoms with E-state index in [0.29, 0.717) is 18.0 Å². The molecule has 1 aromatic heterocycles. The van der Waals surface area contributed by atoms with Crippen molar-refractivity contribution in [2.24, 2.45) is 5.41 Å². The molecule has 0 radical (unpaired) electrons. The molecule has 1 atom stereocenters. The second kappa shape index (κ2) is 4.72.